The molecule has 10 nitrogen and oxygen atoms in total. The number of carbonyl (C=O) groups is 1. The highest BCUT2D eigenvalue weighted by molar-refractivity contribution is 5.98. The Morgan fingerprint density at radius 1 is 1.17 bits per heavy atom. The van der Waals surface area contributed by atoms with Crippen LogP contribution in [0.15, 0.2) is 27.8 Å². The van der Waals surface area contributed by atoms with Crippen molar-refractivity contribution in [2.75, 3.05) is 18.5 Å². The number of halogens is 1. The van der Waals surface area contributed by atoms with Gasteiger partial charge in [0, 0.05) is 14.1 Å². The summed E-state index contributed by atoms with van der Waals surface area (Å²) in [5.41, 5.74) is 0.363. The Bertz CT molecular complexity index is 998. The van der Waals surface area contributed by atoms with Gasteiger partial charge < -0.3 is 15.5 Å². The van der Waals surface area contributed by atoms with E-state index in [1.54, 1.807) is 13.0 Å². The highest BCUT2D eigenvalue weighted by Crippen LogP contribution is 2.21. The predicted molar refractivity (Wildman–Crippen MR) is 109 cm³/mol. The van der Waals surface area contributed by atoms with Gasteiger partial charge in [-0.25, -0.2) is 14.7 Å². The third kappa shape index (κ3) is 5.53. The molecular formula is C19H27FN4O6. The molecule has 0 fully saturated rings. The normalized spacial score (nSPS) is 10.4. The minimum atomic E-state index is -1.11. The van der Waals surface area contributed by atoms with E-state index in [9.17, 15) is 18.8 Å². The lowest BCUT2D eigenvalue weighted by Gasteiger charge is -2.18. The van der Waals surface area contributed by atoms with Crippen LogP contribution in [0.25, 0.3) is 0 Å². The Morgan fingerprint density at radius 2 is 1.77 bits per heavy atom. The zero-order valence-corrected chi connectivity index (χ0v) is 17.5. The Morgan fingerprint density at radius 3 is 2.30 bits per heavy atom. The summed E-state index contributed by atoms with van der Waals surface area (Å²) in [6, 6.07) is 4.26. The number of nitrogens with one attached hydrogen (secondary N) is 2. The van der Waals surface area contributed by atoms with Crippen molar-refractivity contribution in [1.29, 1.82) is 0 Å². The zero-order valence-electron chi connectivity index (χ0n) is 17.5. The summed E-state index contributed by atoms with van der Waals surface area (Å²) >= 11 is 0. The molecule has 0 saturated carbocycles. The van der Waals surface area contributed by atoms with Gasteiger partial charge in [0.2, 0.25) is 0 Å². The number of hydrogen-bond donors (Lipinski definition) is 4. The standard InChI is InChI=1S/C17H21FN4O6.C2H6/c1-9-4-5-12(11(18)6-9)19-14-13(15(25)20-28-10(7-23)8-24)16(26)22(3)17(27)21(14)2;1-2/h4-6,10,19,23-24H,7-8H2,1-3H3,(H,20,25);1-2H3. The summed E-state index contributed by atoms with van der Waals surface area (Å²) < 4.78 is 15.9. The van der Waals surface area contributed by atoms with Gasteiger partial charge in [-0.1, -0.05) is 19.9 Å². The molecule has 2 rings (SSSR count). The fraction of sp³-hybridized carbons (Fsp3) is 0.421. The number of hydroxylamine groups is 1. The van der Waals surface area contributed by atoms with E-state index in [-0.39, 0.29) is 11.5 Å². The minimum absolute atomic E-state index is 0.0487. The molecule has 30 heavy (non-hydrogen) atoms. The molecule has 1 heterocycles. The summed E-state index contributed by atoms with van der Waals surface area (Å²) in [4.78, 5) is 42.1. The van der Waals surface area contributed by atoms with E-state index in [1.807, 2.05) is 19.3 Å². The average molecular weight is 426 g/mol. The van der Waals surface area contributed by atoms with Crippen molar-refractivity contribution in [3.05, 3.63) is 56.0 Å². The molecule has 0 atom stereocenters. The van der Waals surface area contributed by atoms with Crippen molar-refractivity contribution in [3.63, 3.8) is 0 Å². The SMILES string of the molecule is CC.Cc1ccc(Nc2c(C(=O)NOC(CO)CO)c(=O)n(C)c(=O)n2C)c(F)c1. The molecule has 166 valence electrons. The molecule has 0 aliphatic heterocycles. The molecule has 11 heteroatoms. The Hall–Kier alpha value is -3.02. The molecule has 2 aromatic rings. The maximum Gasteiger partial charge on any atom is 0.332 e. The van der Waals surface area contributed by atoms with Crippen LogP contribution >= 0.6 is 0 Å². The van der Waals surface area contributed by atoms with Crippen LogP contribution in [-0.2, 0) is 18.9 Å². The maximum atomic E-state index is 14.2. The molecule has 0 radical (unpaired) electrons. The van der Waals surface area contributed by atoms with Gasteiger partial charge in [0.1, 0.15) is 23.3 Å². The number of hydrogen-bond acceptors (Lipinski definition) is 7. The van der Waals surface area contributed by atoms with Crippen molar-refractivity contribution in [3.8, 4) is 0 Å². The van der Waals surface area contributed by atoms with Crippen molar-refractivity contribution >= 4 is 17.4 Å². The second-order valence-corrected chi connectivity index (χ2v) is 6.07. The number of aliphatic hydroxyl groups excluding tert-OH is 2. The molecule has 4 N–H and O–H groups in total. The van der Waals surface area contributed by atoms with Crippen LogP contribution in [0.3, 0.4) is 0 Å². The maximum absolute atomic E-state index is 14.2. The first kappa shape index (κ1) is 25.0. The molecule has 0 bridgehead atoms. The predicted octanol–water partition coefficient (Wildman–Crippen LogP) is 0.316. The quantitative estimate of drug-likeness (QED) is 0.468. The van der Waals surface area contributed by atoms with Gasteiger partial charge in [-0.3, -0.25) is 23.6 Å². The van der Waals surface area contributed by atoms with Gasteiger partial charge in [0.25, 0.3) is 11.5 Å². The van der Waals surface area contributed by atoms with Crippen LogP contribution in [0.5, 0.6) is 0 Å². The van der Waals surface area contributed by atoms with E-state index in [1.165, 1.54) is 26.2 Å². The van der Waals surface area contributed by atoms with Crippen molar-refractivity contribution in [1.82, 2.24) is 14.6 Å². The van der Waals surface area contributed by atoms with Gasteiger partial charge in [-0.2, -0.15) is 0 Å². The monoisotopic (exact) mass is 426 g/mol. The van der Waals surface area contributed by atoms with E-state index in [0.717, 1.165) is 4.57 Å². The van der Waals surface area contributed by atoms with E-state index in [0.29, 0.717) is 10.1 Å². The van der Waals surface area contributed by atoms with Crippen LogP contribution in [0.4, 0.5) is 15.9 Å². The minimum Gasteiger partial charge on any atom is -0.393 e. The third-order valence-corrected chi connectivity index (χ3v) is 3.99. The van der Waals surface area contributed by atoms with E-state index in [2.05, 4.69) is 5.32 Å². The van der Waals surface area contributed by atoms with Gasteiger partial charge in [0.05, 0.1) is 18.9 Å². The van der Waals surface area contributed by atoms with Crippen LogP contribution in [-0.4, -0.2) is 44.6 Å². The number of rotatable bonds is 7. The largest absolute Gasteiger partial charge is 0.393 e. The number of anilines is 2. The zero-order chi connectivity index (χ0) is 23.0. The summed E-state index contributed by atoms with van der Waals surface area (Å²) in [5.74, 6) is -1.93. The molecule has 1 amide bonds. The van der Waals surface area contributed by atoms with Gasteiger partial charge in [-0.05, 0) is 24.6 Å². The van der Waals surface area contributed by atoms with Crippen LogP contribution in [0.2, 0.25) is 0 Å². The second kappa shape index (κ2) is 11.2. The molecule has 0 aliphatic rings. The Labute approximate surface area is 172 Å². The molecule has 0 saturated heterocycles. The molecule has 1 aromatic heterocycles. The molecular weight excluding hydrogens is 399 g/mol. The topological polar surface area (TPSA) is 135 Å². The van der Waals surface area contributed by atoms with Gasteiger partial charge in [-0.15, -0.1) is 0 Å². The summed E-state index contributed by atoms with van der Waals surface area (Å²) in [6.07, 6.45) is -1.11. The molecule has 1 aromatic carbocycles. The number of carbonyl (C=O) groups excluding carboxylic acids is 1. The first-order chi connectivity index (χ1) is 14.2. The number of amides is 1. The van der Waals surface area contributed by atoms with E-state index in [4.69, 9.17) is 15.1 Å². The second-order valence-electron chi connectivity index (χ2n) is 6.07. The van der Waals surface area contributed by atoms with Crippen molar-refractivity contribution < 1.29 is 24.2 Å². The summed E-state index contributed by atoms with van der Waals surface area (Å²) in [7, 11) is 2.49. The molecule has 0 unspecified atom stereocenters. The van der Waals surface area contributed by atoms with Gasteiger partial charge >= 0.3 is 5.69 Å². The van der Waals surface area contributed by atoms with Crippen molar-refractivity contribution in [2.45, 2.75) is 26.9 Å². The van der Waals surface area contributed by atoms with E-state index < -0.39 is 47.9 Å². The third-order valence-electron chi connectivity index (χ3n) is 3.99. The first-order valence-corrected chi connectivity index (χ1v) is 9.22. The number of aliphatic hydroxyl groups is 2. The van der Waals surface area contributed by atoms with E-state index >= 15 is 0 Å². The fourth-order valence-electron chi connectivity index (χ4n) is 2.36. The first-order valence-electron chi connectivity index (χ1n) is 9.22. The molecule has 0 spiro atoms. The van der Waals surface area contributed by atoms with Gasteiger partial charge in [0.15, 0.2) is 0 Å². The number of aryl methyl sites for hydroxylation is 1. The highest BCUT2D eigenvalue weighted by atomic mass is 19.1. The summed E-state index contributed by atoms with van der Waals surface area (Å²) in [6.45, 7) is 4.53. The highest BCUT2D eigenvalue weighted by Gasteiger charge is 2.24. The number of nitrogens with zero attached hydrogens (tertiary/aromatic N) is 2. The average Bonchev–Trinajstić information content (AvgIpc) is 2.74. The Kier molecular flexibility index (Phi) is 9.37. The number of benzene rings is 1. The van der Waals surface area contributed by atoms with Crippen molar-refractivity contribution in [2.24, 2.45) is 14.1 Å². The lowest BCUT2D eigenvalue weighted by atomic mass is 10.2. The fourth-order valence-corrected chi connectivity index (χ4v) is 2.36. The smallest absolute Gasteiger partial charge is 0.332 e. The number of aromatic nitrogens is 2. The van der Waals surface area contributed by atoms with Crippen LogP contribution in [0, 0.1) is 12.7 Å². The molecule has 0 aliphatic carbocycles. The Balaban J connectivity index is 0.00000218. The summed E-state index contributed by atoms with van der Waals surface area (Å²) in [5, 5.41) is 20.6. The van der Waals surface area contributed by atoms with Crippen LogP contribution in [0.1, 0.15) is 29.8 Å². The lowest BCUT2D eigenvalue weighted by molar-refractivity contribution is -0.0619. The lowest BCUT2D eigenvalue weighted by Crippen LogP contribution is -2.44. The van der Waals surface area contributed by atoms with Crippen LogP contribution < -0.4 is 22.0 Å².